The fraction of sp³-hybridized carbons (Fsp3) is 0.292. The largest absolute Gasteiger partial charge is 0.481 e. The van der Waals surface area contributed by atoms with E-state index in [4.69, 9.17) is 4.74 Å². The maximum Gasteiger partial charge on any atom is 0.407 e. The summed E-state index contributed by atoms with van der Waals surface area (Å²) in [6, 6.07) is 16.3. The van der Waals surface area contributed by atoms with Gasteiger partial charge < -0.3 is 15.2 Å². The molecule has 0 bridgehead atoms. The molecule has 1 amide bonds. The first-order valence-electron chi connectivity index (χ1n) is 10.3. The second-order valence-electron chi connectivity index (χ2n) is 8.38. The third-order valence-corrected chi connectivity index (χ3v) is 6.48. The van der Waals surface area contributed by atoms with Gasteiger partial charge in [0, 0.05) is 24.7 Å². The summed E-state index contributed by atoms with van der Waals surface area (Å²) in [5, 5.41) is 16.4. The lowest BCUT2D eigenvalue weighted by Gasteiger charge is -2.45. The van der Waals surface area contributed by atoms with Crippen molar-refractivity contribution in [3.63, 3.8) is 0 Å². The van der Waals surface area contributed by atoms with Gasteiger partial charge in [-0.3, -0.25) is 9.48 Å². The van der Waals surface area contributed by atoms with Gasteiger partial charge in [-0.15, -0.1) is 0 Å². The van der Waals surface area contributed by atoms with Crippen LogP contribution in [0, 0.1) is 5.92 Å². The van der Waals surface area contributed by atoms with Crippen molar-refractivity contribution < 1.29 is 19.4 Å². The van der Waals surface area contributed by atoms with Gasteiger partial charge in [-0.1, -0.05) is 48.5 Å². The highest BCUT2D eigenvalue weighted by atomic mass is 16.5. The van der Waals surface area contributed by atoms with E-state index in [9.17, 15) is 14.7 Å². The van der Waals surface area contributed by atoms with Crippen LogP contribution in [0.4, 0.5) is 4.79 Å². The molecule has 0 aliphatic heterocycles. The van der Waals surface area contributed by atoms with Crippen LogP contribution in [0.5, 0.6) is 0 Å². The smallest absolute Gasteiger partial charge is 0.407 e. The van der Waals surface area contributed by atoms with Crippen LogP contribution in [-0.2, 0) is 22.1 Å². The van der Waals surface area contributed by atoms with E-state index in [1.54, 1.807) is 17.9 Å². The number of carbonyl (C=O) groups is 2. The Morgan fingerprint density at radius 3 is 2.29 bits per heavy atom. The maximum absolute atomic E-state index is 12.8. The molecule has 0 spiro atoms. The van der Waals surface area contributed by atoms with E-state index in [1.165, 1.54) is 11.1 Å². The van der Waals surface area contributed by atoms with E-state index in [-0.39, 0.29) is 12.5 Å². The molecule has 1 saturated carbocycles. The molecule has 2 aromatic carbocycles. The summed E-state index contributed by atoms with van der Waals surface area (Å²) >= 11 is 0. The number of carboxylic acid groups (broad SMARTS) is 1. The molecule has 1 fully saturated rings. The number of nitrogens with zero attached hydrogens (tertiary/aromatic N) is 2. The predicted octanol–water partition coefficient (Wildman–Crippen LogP) is 3.65. The van der Waals surface area contributed by atoms with E-state index >= 15 is 0 Å². The van der Waals surface area contributed by atoms with Crippen molar-refractivity contribution in [3.05, 3.63) is 77.6 Å². The first-order chi connectivity index (χ1) is 15.0. The number of carbonyl (C=O) groups excluding carboxylic acids is 1. The SMILES string of the molecule is Cn1cc(C2(NC(=O)OCC3c4ccccc4-c4ccccc43)CC(C(=O)O)C2)cn1. The fourth-order valence-electron chi connectivity index (χ4n) is 4.86. The zero-order chi connectivity index (χ0) is 21.6. The van der Waals surface area contributed by atoms with Crippen molar-refractivity contribution >= 4 is 12.1 Å². The molecule has 158 valence electrons. The Kier molecular flexibility index (Phi) is 4.54. The lowest BCUT2D eigenvalue weighted by atomic mass is 9.65. The molecule has 2 N–H and O–H groups in total. The average molecular weight is 417 g/mol. The molecule has 7 nitrogen and oxygen atoms in total. The molecule has 1 aromatic heterocycles. The quantitative estimate of drug-likeness (QED) is 0.661. The number of hydrogen-bond acceptors (Lipinski definition) is 4. The molecule has 0 radical (unpaired) electrons. The molecule has 2 aliphatic carbocycles. The third-order valence-electron chi connectivity index (χ3n) is 6.48. The third kappa shape index (κ3) is 3.26. The van der Waals surface area contributed by atoms with Crippen LogP contribution in [0.1, 0.15) is 35.4 Å². The van der Waals surface area contributed by atoms with Crippen LogP contribution in [0.2, 0.25) is 0 Å². The second kappa shape index (κ2) is 7.27. The van der Waals surface area contributed by atoms with Gasteiger partial charge in [-0.25, -0.2) is 4.79 Å². The van der Waals surface area contributed by atoms with Crippen LogP contribution in [-0.4, -0.2) is 33.6 Å². The first-order valence-corrected chi connectivity index (χ1v) is 10.3. The highest BCUT2D eigenvalue weighted by molar-refractivity contribution is 5.79. The average Bonchev–Trinajstić information content (AvgIpc) is 3.30. The van der Waals surface area contributed by atoms with Crippen molar-refractivity contribution in [2.45, 2.75) is 24.3 Å². The Morgan fingerprint density at radius 1 is 1.13 bits per heavy atom. The maximum atomic E-state index is 12.8. The van der Waals surface area contributed by atoms with Gasteiger partial charge in [0.25, 0.3) is 0 Å². The molecular formula is C24H23N3O4. The number of benzene rings is 2. The van der Waals surface area contributed by atoms with Crippen LogP contribution in [0.3, 0.4) is 0 Å². The van der Waals surface area contributed by atoms with Gasteiger partial charge in [-0.05, 0) is 35.1 Å². The molecule has 2 aliphatic rings. The van der Waals surface area contributed by atoms with E-state index in [2.05, 4.69) is 34.7 Å². The number of carboxylic acids is 1. The van der Waals surface area contributed by atoms with Crippen LogP contribution < -0.4 is 5.32 Å². The van der Waals surface area contributed by atoms with Gasteiger partial charge in [0.05, 0.1) is 17.7 Å². The topological polar surface area (TPSA) is 93.5 Å². The van der Waals surface area contributed by atoms with E-state index < -0.39 is 23.5 Å². The summed E-state index contributed by atoms with van der Waals surface area (Å²) in [7, 11) is 1.79. The minimum atomic E-state index is -0.853. The normalized spacial score (nSPS) is 21.6. The molecular weight excluding hydrogens is 394 g/mol. The van der Waals surface area contributed by atoms with Crippen molar-refractivity contribution in [2.24, 2.45) is 13.0 Å². The zero-order valence-electron chi connectivity index (χ0n) is 17.1. The van der Waals surface area contributed by atoms with Gasteiger partial charge in [0.1, 0.15) is 6.61 Å². The van der Waals surface area contributed by atoms with Gasteiger partial charge in [0.15, 0.2) is 0 Å². The minimum absolute atomic E-state index is 0.0272. The minimum Gasteiger partial charge on any atom is -0.481 e. The Bertz CT molecular complexity index is 1120. The number of amides is 1. The number of aromatic nitrogens is 2. The zero-order valence-corrected chi connectivity index (χ0v) is 17.1. The number of nitrogens with one attached hydrogen (secondary N) is 1. The summed E-state index contributed by atoms with van der Waals surface area (Å²) in [6.07, 6.45) is 3.56. The summed E-state index contributed by atoms with van der Waals surface area (Å²) in [6.45, 7) is 0.214. The molecule has 7 heteroatoms. The molecule has 31 heavy (non-hydrogen) atoms. The summed E-state index contributed by atoms with van der Waals surface area (Å²) < 4.78 is 7.31. The monoisotopic (exact) mass is 417 g/mol. The van der Waals surface area contributed by atoms with E-state index in [0.29, 0.717) is 12.8 Å². The highest BCUT2D eigenvalue weighted by Crippen LogP contribution is 2.47. The molecule has 1 heterocycles. The standard InChI is InChI=1S/C24H23N3O4/c1-27-13-16(12-25-27)24(10-15(11-24)22(28)29)26-23(30)31-14-21-19-8-4-2-6-17(19)18-7-3-5-9-20(18)21/h2-9,12-13,15,21H,10-11,14H2,1H3,(H,26,30)(H,28,29). The van der Waals surface area contributed by atoms with Crippen LogP contribution in [0.15, 0.2) is 60.9 Å². The lowest BCUT2D eigenvalue weighted by molar-refractivity contribution is -0.148. The number of fused-ring (bicyclic) bond motifs is 3. The summed E-state index contributed by atoms with van der Waals surface area (Å²) in [5.41, 5.74) is 4.66. The molecule has 5 rings (SSSR count). The number of alkyl carbamates (subject to hydrolysis) is 1. The van der Waals surface area contributed by atoms with Crippen molar-refractivity contribution in [1.82, 2.24) is 15.1 Å². The summed E-state index contributed by atoms with van der Waals surface area (Å²) in [5.74, 6) is -1.37. The molecule has 0 saturated heterocycles. The number of hydrogen-bond donors (Lipinski definition) is 2. The van der Waals surface area contributed by atoms with Gasteiger partial charge >= 0.3 is 12.1 Å². The van der Waals surface area contributed by atoms with Crippen molar-refractivity contribution in [2.75, 3.05) is 6.61 Å². The predicted molar refractivity (Wildman–Crippen MR) is 113 cm³/mol. The Balaban J connectivity index is 1.32. The van der Waals surface area contributed by atoms with Crippen LogP contribution in [0.25, 0.3) is 11.1 Å². The van der Waals surface area contributed by atoms with Crippen LogP contribution >= 0.6 is 0 Å². The Hall–Kier alpha value is -3.61. The van der Waals surface area contributed by atoms with E-state index in [1.807, 2.05) is 30.5 Å². The first kappa shape index (κ1) is 19.4. The number of aliphatic carboxylic acids is 1. The lowest BCUT2D eigenvalue weighted by Crippen LogP contribution is -2.56. The number of rotatable bonds is 5. The highest BCUT2D eigenvalue weighted by Gasteiger charge is 2.51. The van der Waals surface area contributed by atoms with E-state index in [0.717, 1.165) is 16.7 Å². The van der Waals surface area contributed by atoms with Crippen molar-refractivity contribution in [1.29, 1.82) is 0 Å². The molecule has 3 aromatic rings. The summed E-state index contributed by atoms with van der Waals surface area (Å²) in [4.78, 5) is 24.1. The molecule has 0 unspecified atom stereocenters. The van der Waals surface area contributed by atoms with Gasteiger partial charge in [-0.2, -0.15) is 5.10 Å². The second-order valence-corrected chi connectivity index (χ2v) is 8.38. The number of ether oxygens (including phenoxy) is 1. The fourth-order valence-corrected chi connectivity index (χ4v) is 4.86. The number of aryl methyl sites for hydroxylation is 1. The Labute approximate surface area is 179 Å². The molecule has 0 atom stereocenters. The van der Waals surface area contributed by atoms with Gasteiger partial charge in [0.2, 0.25) is 0 Å². The van der Waals surface area contributed by atoms with Crippen molar-refractivity contribution in [3.8, 4) is 11.1 Å². The Morgan fingerprint density at radius 2 is 1.74 bits per heavy atom.